The molecule has 0 spiro atoms. The Hall–Kier alpha value is -2.22. The highest BCUT2D eigenvalue weighted by Crippen LogP contribution is 2.50. The Balaban J connectivity index is 0.00000361. The maximum absolute atomic E-state index is 13.0. The molecule has 8 heteroatoms. The van der Waals surface area contributed by atoms with Crippen LogP contribution in [0.2, 0.25) is 0 Å². The van der Waals surface area contributed by atoms with E-state index >= 15 is 0 Å². The molecule has 0 aliphatic carbocycles. The van der Waals surface area contributed by atoms with Crippen molar-refractivity contribution < 1.29 is 14.3 Å². The summed E-state index contributed by atoms with van der Waals surface area (Å²) < 4.78 is 5.43. The lowest BCUT2D eigenvalue weighted by Gasteiger charge is -2.44. The van der Waals surface area contributed by atoms with E-state index in [1.807, 2.05) is 12.1 Å². The molecule has 196 valence electrons. The molecule has 0 bridgehead atoms. The molecule has 2 atom stereocenters. The molecule has 2 aliphatic rings. The van der Waals surface area contributed by atoms with Gasteiger partial charge in [0.25, 0.3) is 5.91 Å². The van der Waals surface area contributed by atoms with Crippen molar-refractivity contribution in [2.24, 2.45) is 5.92 Å². The number of esters is 1. The molecule has 1 fully saturated rings. The van der Waals surface area contributed by atoms with Gasteiger partial charge in [-0.05, 0) is 61.9 Å². The van der Waals surface area contributed by atoms with Gasteiger partial charge in [0.2, 0.25) is 0 Å². The number of benzene rings is 2. The number of fused-ring (bicyclic) bond motifs is 2. The molecule has 6 nitrogen and oxygen atoms in total. The number of carbonyl (C=O) groups excluding carboxylic acids is 2. The van der Waals surface area contributed by atoms with Gasteiger partial charge >= 0.3 is 5.97 Å². The molecule has 0 saturated carbocycles. The van der Waals surface area contributed by atoms with Crippen molar-refractivity contribution in [3.8, 4) is 0 Å². The van der Waals surface area contributed by atoms with Gasteiger partial charge in [0.15, 0.2) is 0 Å². The number of nitrogens with zero attached hydrogens (tertiary/aromatic N) is 2. The predicted molar refractivity (Wildman–Crippen MR) is 149 cm³/mol. The van der Waals surface area contributed by atoms with E-state index in [0.29, 0.717) is 24.6 Å². The van der Waals surface area contributed by atoms with Crippen molar-refractivity contribution in [1.82, 2.24) is 10.2 Å². The molecule has 2 aromatic carbocycles. The lowest BCUT2D eigenvalue weighted by atomic mass is 10.1. The number of halogens is 1. The second kappa shape index (κ2) is 12.8. The van der Waals surface area contributed by atoms with Crippen molar-refractivity contribution in [2.75, 3.05) is 24.6 Å². The van der Waals surface area contributed by atoms with Gasteiger partial charge in [-0.1, -0.05) is 44.7 Å². The van der Waals surface area contributed by atoms with Crippen LogP contribution in [-0.4, -0.2) is 48.7 Å². The number of amides is 1. The Morgan fingerprint density at radius 1 is 1.14 bits per heavy atom. The van der Waals surface area contributed by atoms with Gasteiger partial charge in [-0.3, -0.25) is 14.5 Å². The van der Waals surface area contributed by atoms with Crippen molar-refractivity contribution >= 4 is 47.4 Å². The van der Waals surface area contributed by atoms with Crippen LogP contribution in [0, 0.1) is 5.92 Å². The molecule has 1 N–H and O–H groups in total. The fourth-order valence-electron chi connectivity index (χ4n) is 5.03. The summed E-state index contributed by atoms with van der Waals surface area (Å²) in [7, 11) is 0. The first-order chi connectivity index (χ1) is 16.9. The zero-order valence-electron chi connectivity index (χ0n) is 21.7. The summed E-state index contributed by atoms with van der Waals surface area (Å²) in [5.74, 6) is 0.287. The summed E-state index contributed by atoms with van der Waals surface area (Å²) in [6.45, 7) is 10.1. The van der Waals surface area contributed by atoms with Gasteiger partial charge in [-0.2, -0.15) is 0 Å². The Morgan fingerprint density at radius 2 is 1.89 bits per heavy atom. The third-order valence-corrected chi connectivity index (χ3v) is 7.91. The largest absolute Gasteiger partial charge is 0.464 e. The van der Waals surface area contributed by atoms with Crippen LogP contribution < -0.4 is 10.2 Å². The minimum atomic E-state index is -0.233. The van der Waals surface area contributed by atoms with E-state index in [-0.39, 0.29) is 36.5 Å². The molecule has 2 aliphatic heterocycles. The number of rotatable bonds is 9. The summed E-state index contributed by atoms with van der Waals surface area (Å²) in [6.07, 6.45) is 4.05. The lowest BCUT2D eigenvalue weighted by Crippen LogP contribution is -2.50. The van der Waals surface area contributed by atoms with E-state index in [0.717, 1.165) is 48.5 Å². The standard InChI is InChI=1S/C28H37N3O3S.ClH/c1-5-27(30-16-8-9-22(30)18-34-20(4)32)31-23-10-6-7-11-25(23)35-26-13-12-21(17-24(26)31)28(33)29-15-14-19(2)3;/h6-7,10-13,17,19,22,27H,5,8-9,14-16,18H2,1-4H3,(H,29,33);1H. The van der Waals surface area contributed by atoms with Crippen LogP contribution in [0.25, 0.3) is 0 Å². The van der Waals surface area contributed by atoms with Crippen LogP contribution in [0.4, 0.5) is 11.4 Å². The molecule has 0 aromatic heterocycles. The average molecular weight is 532 g/mol. The molecular formula is C28H38ClN3O3S. The minimum absolute atomic E-state index is 0. The van der Waals surface area contributed by atoms with Crippen LogP contribution in [-0.2, 0) is 9.53 Å². The summed E-state index contributed by atoms with van der Waals surface area (Å²) in [4.78, 5) is 31.7. The normalized spacial score (nSPS) is 17.7. The summed E-state index contributed by atoms with van der Waals surface area (Å²) in [5.41, 5.74) is 2.91. The van der Waals surface area contributed by atoms with Gasteiger partial charge in [0, 0.05) is 41.4 Å². The quantitative estimate of drug-likeness (QED) is 0.386. The van der Waals surface area contributed by atoms with Crippen LogP contribution in [0.5, 0.6) is 0 Å². The molecule has 2 heterocycles. The van der Waals surface area contributed by atoms with Crippen molar-refractivity contribution in [3.63, 3.8) is 0 Å². The second-order valence-corrected chi connectivity index (χ2v) is 10.9. The molecule has 4 rings (SSSR count). The van der Waals surface area contributed by atoms with Crippen LogP contribution >= 0.6 is 24.2 Å². The van der Waals surface area contributed by atoms with Crippen molar-refractivity contribution in [1.29, 1.82) is 0 Å². The predicted octanol–water partition coefficient (Wildman–Crippen LogP) is 6.25. The minimum Gasteiger partial charge on any atom is -0.464 e. The summed E-state index contributed by atoms with van der Waals surface area (Å²) in [6, 6.07) is 14.7. The summed E-state index contributed by atoms with van der Waals surface area (Å²) >= 11 is 1.75. The van der Waals surface area contributed by atoms with Gasteiger partial charge in [0.05, 0.1) is 17.5 Å². The Bertz CT molecular complexity index is 1060. The molecule has 1 amide bonds. The maximum atomic E-state index is 13.0. The SMILES string of the molecule is CCC(N1c2ccccc2Sc2ccc(C(=O)NCCC(C)C)cc21)N1CCCC1COC(C)=O.Cl. The number of ether oxygens (including phenoxy) is 1. The van der Waals surface area contributed by atoms with E-state index in [1.165, 1.54) is 11.8 Å². The monoisotopic (exact) mass is 531 g/mol. The van der Waals surface area contributed by atoms with Gasteiger partial charge in [-0.15, -0.1) is 12.4 Å². The highest BCUT2D eigenvalue weighted by Gasteiger charge is 2.37. The number of nitrogens with one attached hydrogen (secondary N) is 1. The van der Waals surface area contributed by atoms with E-state index in [2.05, 4.69) is 66.2 Å². The number of anilines is 2. The molecule has 1 saturated heterocycles. The van der Waals surface area contributed by atoms with E-state index in [1.54, 1.807) is 11.8 Å². The Kier molecular flexibility index (Phi) is 10.1. The average Bonchev–Trinajstić information content (AvgIpc) is 3.30. The topological polar surface area (TPSA) is 61.9 Å². The number of carbonyl (C=O) groups is 2. The molecule has 2 unspecified atom stereocenters. The zero-order valence-corrected chi connectivity index (χ0v) is 23.3. The number of para-hydroxylation sites is 1. The lowest BCUT2D eigenvalue weighted by molar-refractivity contribution is -0.142. The molecule has 2 aromatic rings. The highest BCUT2D eigenvalue weighted by molar-refractivity contribution is 7.99. The fraction of sp³-hybridized carbons (Fsp3) is 0.500. The molecule has 0 radical (unpaired) electrons. The first kappa shape index (κ1) is 28.4. The Morgan fingerprint density at radius 3 is 2.61 bits per heavy atom. The van der Waals surface area contributed by atoms with Crippen LogP contribution in [0.15, 0.2) is 52.3 Å². The highest BCUT2D eigenvalue weighted by atomic mass is 35.5. The van der Waals surface area contributed by atoms with E-state index in [9.17, 15) is 9.59 Å². The zero-order chi connectivity index (χ0) is 24.9. The summed E-state index contributed by atoms with van der Waals surface area (Å²) in [5, 5.41) is 3.08. The molecule has 36 heavy (non-hydrogen) atoms. The first-order valence-electron chi connectivity index (χ1n) is 12.8. The second-order valence-electron chi connectivity index (χ2n) is 9.79. The van der Waals surface area contributed by atoms with Gasteiger partial charge < -0.3 is 15.0 Å². The maximum Gasteiger partial charge on any atom is 0.302 e. The molecular weight excluding hydrogens is 494 g/mol. The Labute approximate surface area is 225 Å². The smallest absolute Gasteiger partial charge is 0.302 e. The van der Waals surface area contributed by atoms with E-state index in [4.69, 9.17) is 4.74 Å². The van der Waals surface area contributed by atoms with Crippen molar-refractivity contribution in [2.45, 2.75) is 75.4 Å². The van der Waals surface area contributed by atoms with Gasteiger partial charge in [0.1, 0.15) is 6.61 Å². The van der Waals surface area contributed by atoms with Crippen LogP contribution in [0.3, 0.4) is 0 Å². The van der Waals surface area contributed by atoms with Crippen LogP contribution in [0.1, 0.15) is 63.7 Å². The number of likely N-dealkylation sites (tertiary alicyclic amines) is 1. The fourth-order valence-corrected chi connectivity index (χ4v) is 6.08. The third-order valence-electron chi connectivity index (χ3n) is 6.78. The number of hydrogen-bond donors (Lipinski definition) is 1. The van der Waals surface area contributed by atoms with E-state index < -0.39 is 0 Å². The number of hydrogen-bond acceptors (Lipinski definition) is 6. The van der Waals surface area contributed by atoms with Crippen molar-refractivity contribution in [3.05, 3.63) is 48.0 Å². The first-order valence-corrected chi connectivity index (χ1v) is 13.6. The van der Waals surface area contributed by atoms with Gasteiger partial charge in [-0.25, -0.2) is 0 Å². The third kappa shape index (κ3) is 6.36.